The molecule has 9 heteroatoms. The van der Waals surface area contributed by atoms with Gasteiger partial charge in [0.25, 0.3) is 0 Å². The molecule has 0 aromatic carbocycles. The number of amides is 1. The van der Waals surface area contributed by atoms with Crippen molar-refractivity contribution >= 4 is 17.6 Å². The molecule has 5 rings (SSSR count). The zero-order chi connectivity index (χ0) is 28.4. The molecule has 3 aromatic rings. The molecule has 1 atom stereocenters. The van der Waals surface area contributed by atoms with E-state index >= 15 is 0 Å². The standard InChI is InChI=1S/C31H42N4O5/c1-6-38-29(36)24-20-27-23(25-10-14-32-35(25)28-9-7-8-18-39-28)13-17-34(27)26(21(24)2)19-22-11-15-33(16-12-22)30(37)40-31(3,4)5/h10,13-14,17,20,22,28H,6-9,11-12,15-16,18-19H2,1-5H3. The van der Waals surface area contributed by atoms with Crippen molar-refractivity contribution in [1.29, 1.82) is 0 Å². The normalized spacial score (nSPS) is 18.7. The van der Waals surface area contributed by atoms with Crippen LogP contribution in [0.25, 0.3) is 16.8 Å². The van der Waals surface area contributed by atoms with Crippen LogP contribution in [-0.2, 0) is 20.6 Å². The molecule has 1 unspecified atom stereocenters. The average Bonchev–Trinajstić information content (AvgIpc) is 3.57. The van der Waals surface area contributed by atoms with Crippen molar-refractivity contribution in [2.75, 3.05) is 26.3 Å². The highest BCUT2D eigenvalue weighted by molar-refractivity contribution is 5.95. The van der Waals surface area contributed by atoms with Crippen LogP contribution in [0.2, 0.25) is 0 Å². The van der Waals surface area contributed by atoms with E-state index in [0.29, 0.717) is 31.2 Å². The summed E-state index contributed by atoms with van der Waals surface area (Å²) in [5, 5.41) is 4.61. The number of rotatable bonds is 6. The summed E-state index contributed by atoms with van der Waals surface area (Å²) in [6.07, 6.45) is 9.26. The first-order chi connectivity index (χ1) is 19.2. The summed E-state index contributed by atoms with van der Waals surface area (Å²) in [5.41, 5.74) is 5.06. The lowest BCUT2D eigenvalue weighted by Gasteiger charge is -2.33. The molecular weight excluding hydrogens is 508 g/mol. The zero-order valence-corrected chi connectivity index (χ0v) is 24.4. The predicted molar refractivity (Wildman–Crippen MR) is 152 cm³/mol. The number of nitrogens with zero attached hydrogens (tertiary/aromatic N) is 4. The average molecular weight is 551 g/mol. The Kier molecular flexibility index (Phi) is 8.21. The summed E-state index contributed by atoms with van der Waals surface area (Å²) in [6.45, 7) is 11.9. The molecule has 0 radical (unpaired) electrons. The van der Waals surface area contributed by atoms with Crippen LogP contribution in [0.3, 0.4) is 0 Å². The maximum absolute atomic E-state index is 13.1. The highest BCUT2D eigenvalue weighted by atomic mass is 16.6. The van der Waals surface area contributed by atoms with Crippen LogP contribution in [0, 0.1) is 12.8 Å². The van der Waals surface area contributed by atoms with Gasteiger partial charge in [0.15, 0.2) is 6.23 Å². The van der Waals surface area contributed by atoms with Gasteiger partial charge in [0, 0.05) is 43.3 Å². The minimum absolute atomic E-state index is 0.0849. The molecule has 0 spiro atoms. The summed E-state index contributed by atoms with van der Waals surface area (Å²) in [5.74, 6) is 0.0739. The number of carbonyl (C=O) groups excluding carboxylic acids is 2. The number of fused-ring (bicyclic) bond motifs is 1. The number of hydrogen-bond donors (Lipinski definition) is 0. The van der Waals surface area contributed by atoms with Crippen LogP contribution in [0.15, 0.2) is 30.6 Å². The highest BCUT2D eigenvalue weighted by Gasteiger charge is 2.29. The van der Waals surface area contributed by atoms with Crippen molar-refractivity contribution in [3.05, 3.63) is 47.4 Å². The Morgan fingerprint density at radius 3 is 2.58 bits per heavy atom. The minimum Gasteiger partial charge on any atom is -0.462 e. The van der Waals surface area contributed by atoms with E-state index in [-0.39, 0.29) is 18.3 Å². The summed E-state index contributed by atoms with van der Waals surface area (Å²) in [7, 11) is 0. The topological polar surface area (TPSA) is 87.3 Å². The molecule has 0 aliphatic carbocycles. The number of likely N-dealkylation sites (tertiary alicyclic amines) is 1. The van der Waals surface area contributed by atoms with Gasteiger partial charge in [0.1, 0.15) is 5.60 Å². The second-order valence-corrected chi connectivity index (χ2v) is 11.9. The Balaban J connectivity index is 1.46. The van der Waals surface area contributed by atoms with Crippen LogP contribution >= 0.6 is 0 Å². The second-order valence-electron chi connectivity index (χ2n) is 11.9. The highest BCUT2D eigenvalue weighted by Crippen LogP contribution is 2.35. The molecule has 2 fully saturated rings. The van der Waals surface area contributed by atoms with Crippen molar-refractivity contribution in [3.8, 4) is 11.3 Å². The molecule has 0 N–H and O–H groups in total. The molecule has 216 valence electrons. The molecular formula is C31H42N4O5. The van der Waals surface area contributed by atoms with Crippen LogP contribution in [0.5, 0.6) is 0 Å². The van der Waals surface area contributed by atoms with E-state index in [1.165, 1.54) is 0 Å². The van der Waals surface area contributed by atoms with Gasteiger partial charge in [-0.3, -0.25) is 0 Å². The number of aromatic nitrogens is 3. The van der Waals surface area contributed by atoms with E-state index in [2.05, 4.69) is 21.8 Å². The fourth-order valence-electron chi connectivity index (χ4n) is 5.89. The molecule has 5 heterocycles. The molecule has 0 bridgehead atoms. The van der Waals surface area contributed by atoms with Gasteiger partial charge in [-0.1, -0.05) is 0 Å². The fourth-order valence-corrected chi connectivity index (χ4v) is 5.89. The van der Waals surface area contributed by atoms with E-state index in [0.717, 1.165) is 73.2 Å². The number of piperidine rings is 1. The molecule has 2 aliphatic rings. The third-order valence-electron chi connectivity index (χ3n) is 7.95. The Bertz CT molecular complexity index is 1350. The van der Waals surface area contributed by atoms with Crippen molar-refractivity contribution in [2.24, 2.45) is 5.92 Å². The van der Waals surface area contributed by atoms with E-state index in [9.17, 15) is 9.59 Å². The van der Waals surface area contributed by atoms with Crippen LogP contribution < -0.4 is 0 Å². The van der Waals surface area contributed by atoms with Crippen molar-refractivity contribution in [3.63, 3.8) is 0 Å². The van der Waals surface area contributed by atoms with Gasteiger partial charge in [-0.05, 0) is 103 Å². The molecule has 40 heavy (non-hydrogen) atoms. The Morgan fingerprint density at radius 1 is 1.12 bits per heavy atom. The number of ether oxygens (including phenoxy) is 3. The molecule has 2 saturated heterocycles. The maximum Gasteiger partial charge on any atom is 0.410 e. The Hall–Kier alpha value is -3.33. The van der Waals surface area contributed by atoms with E-state index in [4.69, 9.17) is 14.2 Å². The van der Waals surface area contributed by atoms with Crippen LogP contribution in [0.1, 0.15) is 87.6 Å². The lowest BCUT2D eigenvalue weighted by atomic mass is 9.89. The molecule has 9 nitrogen and oxygen atoms in total. The quantitative estimate of drug-likeness (QED) is 0.341. The maximum atomic E-state index is 13.1. The fraction of sp³-hybridized carbons (Fsp3) is 0.581. The summed E-state index contributed by atoms with van der Waals surface area (Å²) in [6, 6.07) is 6.08. The SMILES string of the molecule is CCOC(=O)c1cc2c(-c3ccnn3C3CCCCO3)ccn2c(CC2CCN(C(=O)OC(C)(C)C)CC2)c1C. The van der Waals surface area contributed by atoms with E-state index in [1.807, 2.05) is 62.5 Å². The molecule has 3 aromatic heterocycles. The first kappa shape index (κ1) is 28.2. The smallest absolute Gasteiger partial charge is 0.410 e. The Morgan fingerprint density at radius 2 is 1.90 bits per heavy atom. The first-order valence-corrected chi connectivity index (χ1v) is 14.6. The monoisotopic (exact) mass is 550 g/mol. The van der Waals surface area contributed by atoms with Crippen molar-refractivity contribution < 1.29 is 23.8 Å². The van der Waals surface area contributed by atoms with Gasteiger partial charge in [-0.2, -0.15) is 5.10 Å². The van der Waals surface area contributed by atoms with E-state index < -0.39 is 5.60 Å². The second kappa shape index (κ2) is 11.6. The van der Waals surface area contributed by atoms with Gasteiger partial charge in [-0.15, -0.1) is 0 Å². The van der Waals surface area contributed by atoms with Gasteiger partial charge in [0.05, 0.1) is 23.4 Å². The zero-order valence-electron chi connectivity index (χ0n) is 24.4. The van der Waals surface area contributed by atoms with Crippen molar-refractivity contribution in [1.82, 2.24) is 19.1 Å². The third-order valence-corrected chi connectivity index (χ3v) is 7.95. The molecule has 1 amide bonds. The van der Waals surface area contributed by atoms with Crippen molar-refractivity contribution in [2.45, 2.75) is 85.0 Å². The lowest BCUT2D eigenvalue weighted by Crippen LogP contribution is -2.42. The number of hydrogen-bond acceptors (Lipinski definition) is 6. The third kappa shape index (κ3) is 5.89. The molecule has 0 saturated carbocycles. The van der Waals surface area contributed by atoms with E-state index in [1.54, 1.807) is 0 Å². The van der Waals surface area contributed by atoms with Gasteiger partial charge in [0.2, 0.25) is 0 Å². The molecule has 2 aliphatic heterocycles. The number of carbonyl (C=O) groups is 2. The van der Waals surface area contributed by atoms with Crippen LogP contribution in [-0.4, -0.2) is 63.0 Å². The van der Waals surface area contributed by atoms with Gasteiger partial charge >= 0.3 is 12.1 Å². The first-order valence-electron chi connectivity index (χ1n) is 14.6. The summed E-state index contributed by atoms with van der Waals surface area (Å²) >= 11 is 0. The largest absolute Gasteiger partial charge is 0.462 e. The van der Waals surface area contributed by atoms with Gasteiger partial charge in [-0.25, -0.2) is 14.3 Å². The van der Waals surface area contributed by atoms with Crippen LogP contribution in [0.4, 0.5) is 4.79 Å². The summed E-state index contributed by atoms with van der Waals surface area (Å²) in [4.78, 5) is 27.5. The number of pyridine rings is 1. The lowest BCUT2D eigenvalue weighted by molar-refractivity contribution is -0.0383. The predicted octanol–water partition coefficient (Wildman–Crippen LogP) is 6.18. The van der Waals surface area contributed by atoms with Gasteiger partial charge < -0.3 is 23.5 Å². The summed E-state index contributed by atoms with van der Waals surface area (Å²) < 4.78 is 21.3. The minimum atomic E-state index is -0.505. The number of esters is 1. The Labute approximate surface area is 236 Å².